The molecule has 156 valence electrons. The van der Waals surface area contributed by atoms with Crippen molar-refractivity contribution >= 4 is 34.3 Å². The molecule has 31 heavy (non-hydrogen) atoms. The maximum Gasteiger partial charge on any atom is 0.132 e. The van der Waals surface area contributed by atoms with Crippen molar-refractivity contribution in [3.63, 3.8) is 0 Å². The second-order valence-electron chi connectivity index (χ2n) is 7.42. The lowest BCUT2D eigenvalue weighted by molar-refractivity contribution is 0.677. The molecule has 0 amide bonds. The number of allylic oxidation sites excluding steroid dienone is 3. The van der Waals surface area contributed by atoms with E-state index in [0.717, 1.165) is 22.5 Å². The van der Waals surface area contributed by atoms with E-state index in [0.29, 0.717) is 28.5 Å². The standard InChI is InChI=1S/C23H24N8/c1-14(2)16-9-22(31-28-13-16)30-21-6-5-19-20(29-21)8-17(12-27-19)18(10-24)23(25)15-4-3-7-26-11-15/h3-14,24,28,31H,25H2,1-2H3,(H,29,30). The lowest BCUT2D eigenvalue weighted by Gasteiger charge is -2.20. The molecule has 0 bridgehead atoms. The molecule has 0 saturated carbocycles. The highest BCUT2D eigenvalue weighted by Gasteiger charge is 2.11. The molecular formula is C23H24N8. The normalized spacial score (nSPS) is 14.2. The van der Waals surface area contributed by atoms with Crippen molar-refractivity contribution in [3.05, 3.63) is 83.7 Å². The zero-order valence-corrected chi connectivity index (χ0v) is 17.3. The van der Waals surface area contributed by atoms with Crippen LogP contribution in [0.2, 0.25) is 0 Å². The molecule has 3 aromatic heterocycles. The second-order valence-corrected chi connectivity index (χ2v) is 7.42. The molecule has 1 aliphatic rings. The third kappa shape index (κ3) is 4.37. The van der Waals surface area contributed by atoms with Crippen LogP contribution in [0.3, 0.4) is 0 Å². The van der Waals surface area contributed by atoms with Gasteiger partial charge in [0.2, 0.25) is 0 Å². The highest BCUT2D eigenvalue weighted by molar-refractivity contribution is 6.18. The van der Waals surface area contributed by atoms with Crippen LogP contribution in [0.5, 0.6) is 0 Å². The van der Waals surface area contributed by atoms with Crippen molar-refractivity contribution in [2.75, 3.05) is 5.32 Å². The minimum atomic E-state index is 0.402. The highest BCUT2D eigenvalue weighted by atomic mass is 15.4. The van der Waals surface area contributed by atoms with Crippen LogP contribution in [0, 0.1) is 11.3 Å². The molecule has 4 rings (SSSR count). The number of hydrogen-bond acceptors (Lipinski definition) is 8. The molecule has 8 nitrogen and oxygen atoms in total. The number of nitrogens with one attached hydrogen (secondary N) is 4. The number of hydrogen-bond donors (Lipinski definition) is 5. The van der Waals surface area contributed by atoms with Gasteiger partial charge >= 0.3 is 0 Å². The number of hydrazine groups is 1. The van der Waals surface area contributed by atoms with Gasteiger partial charge in [0.25, 0.3) is 0 Å². The number of anilines is 1. The van der Waals surface area contributed by atoms with Crippen molar-refractivity contribution < 1.29 is 0 Å². The first-order valence-electron chi connectivity index (χ1n) is 9.93. The van der Waals surface area contributed by atoms with Crippen LogP contribution < -0.4 is 21.9 Å². The third-order valence-corrected chi connectivity index (χ3v) is 4.94. The Morgan fingerprint density at radius 3 is 2.77 bits per heavy atom. The van der Waals surface area contributed by atoms with E-state index < -0.39 is 0 Å². The zero-order chi connectivity index (χ0) is 21.8. The predicted molar refractivity (Wildman–Crippen MR) is 124 cm³/mol. The summed E-state index contributed by atoms with van der Waals surface area (Å²) in [5.74, 6) is 1.89. The van der Waals surface area contributed by atoms with Gasteiger partial charge in [0, 0.05) is 53.4 Å². The van der Waals surface area contributed by atoms with Crippen LogP contribution >= 0.6 is 0 Å². The first kappa shape index (κ1) is 20.1. The first-order valence-corrected chi connectivity index (χ1v) is 9.93. The van der Waals surface area contributed by atoms with Crippen LogP contribution in [-0.2, 0) is 0 Å². The summed E-state index contributed by atoms with van der Waals surface area (Å²) in [7, 11) is 0. The van der Waals surface area contributed by atoms with Gasteiger partial charge in [-0.05, 0) is 47.9 Å². The van der Waals surface area contributed by atoms with E-state index in [1.165, 1.54) is 11.8 Å². The lowest BCUT2D eigenvalue weighted by Crippen LogP contribution is -2.33. The Morgan fingerprint density at radius 2 is 2.03 bits per heavy atom. The molecule has 8 heteroatoms. The monoisotopic (exact) mass is 412 g/mol. The fourth-order valence-corrected chi connectivity index (χ4v) is 3.20. The molecule has 0 spiro atoms. The number of rotatable bonds is 6. The number of fused-ring (bicyclic) bond motifs is 1. The van der Waals surface area contributed by atoms with Crippen LogP contribution in [-0.4, -0.2) is 21.2 Å². The summed E-state index contributed by atoms with van der Waals surface area (Å²) in [5, 5.41) is 11.2. The highest BCUT2D eigenvalue weighted by Crippen LogP contribution is 2.24. The summed E-state index contributed by atoms with van der Waals surface area (Å²) in [5.41, 5.74) is 17.6. The van der Waals surface area contributed by atoms with Crippen LogP contribution in [0.15, 0.2) is 72.6 Å². The molecule has 0 fully saturated rings. The van der Waals surface area contributed by atoms with E-state index in [-0.39, 0.29) is 0 Å². The largest absolute Gasteiger partial charge is 0.398 e. The Kier molecular flexibility index (Phi) is 5.61. The summed E-state index contributed by atoms with van der Waals surface area (Å²) in [4.78, 5) is 13.3. The average molecular weight is 413 g/mol. The molecule has 0 atom stereocenters. The second kappa shape index (κ2) is 8.66. The molecule has 1 aliphatic heterocycles. The van der Waals surface area contributed by atoms with E-state index in [1.54, 1.807) is 18.6 Å². The van der Waals surface area contributed by atoms with Crippen molar-refractivity contribution in [1.82, 2.24) is 25.8 Å². The fourth-order valence-electron chi connectivity index (χ4n) is 3.20. The third-order valence-electron chi connectivity index (χ3n) is 4.94. The van der Waals surface area contributed by atoms with Crippen LogP contribution in [0.4, 0.5) is 5.82 Å². The van der Waals surface area contributed by atoms with Gasteiger partial charge < -0.3 is 21.9 Å². The maximum atomic E-state index is 7.88. The summed E-state index contributed by atoms with van der Waals surface area (Å²) in [6.45, 7) is 4.28. The topological polar surface area (TPSA) is 125 Å². The Morgan fingerprint density at radius 1 is 1.16 bits per heavy atom. The minimum Gasteiger partial charge on any atom is -0.398 e. The van der Waals surface area contributed by atoms with Crippen molar-refractivity contribution in [2.45, 2.75) is 13.8 Å². The van der Waals surface area contributed by atoms with Gasteiger partial charge in [-0.25, -0.2) is 4.98 Å². The molecule has 0 aliphatic carbocycles. The van der Waals surface area contributed by atoms with Gasteiger partial charge in [-0.1, -0.05) is 13.8 Å². The summed E-state index contributed by atoms with van der Waals surface area (Å²) >= 11 is 0. The van der Waals surface area contributed by atoms with Crippen LogP contribution in [0.25, 0.3) is 22.3 Å². The SMILES string of the molecule is CC(C)C1=CNNC(Nc2ccc3ncc(C(C=N)=C(N)c4cccnc4)cc3n2)=C1. The Bertz CT molecular complexity index is 1210. The molecule has 3 aromatic rings. The van der Waals surface area contributed by atoms with Gasteiger partial charge in [0.1, 0.15) is 11.6 Å². The van der Waals surface area contributed by atoms with Gasteiger partial charge in [-0.2, -0.15) is 0 Å². The van der Waals surface area contributed by atoms with E-state index in [2.05, 4.69) is 40.0 Å². The molecule has 4 heterocycles. The quantitative estimate of drug-likeness (QED) is 0.393. The smallest absolute Gasteiger partial charge is 0.132 e. The predicted octanol–water partition coefficient (Wildman–Crippen LogP) is 3.40. The first-order chi connectivity index (χ1) is 15.0. The maximum absolute atomic E-state index is 7.88. The van der Waals surface area contributed by atoms with Gasteiger partial charge in [0.05, 0.1) is 11.0 Å². The van der Waals surface area contributed by atoms with Crippen molar-refractivity contribution in [1.29, 1.82) is 5.41 Å². The number of aromatic nitrogens is 3. The molecule has 0 saturated heterocycles. The van der Waals surface area contributed by atoms with Crippen molar-refractivity contribution in [3.8, 4) is 0 Å². The average Bonchev–Trinajstić information content (AvgIpc) is 2.80. The number of nitrogens with zero attached hydrogens (tertiary/aromatic N) is 3. The fraction of sp³-hybridized carbons (Fsp3) is 0.130. The molecule has 0 aromatic carbocycles. The summed E-state index contributed by atoms with van der Waals surface area (Å²) < 4.78 is 0. The number of nitrogens with two attached hydrogens (primary N) is 1. The minimum absolute atomic E-state index is 0.402. The van der Waals surface area contributed by atoms with E-state index in [1.807, 2.05) is 42.6 Å². The Labute approximate surface area is 180 Å². The van der Waals surface area contributed by atoms with E-state index >= 15 is 0 Å². The van der Waals surface area contributed by atoms with E-state index in [4.69, 9.17) is 16.1 Å². The van der Waals surface area contributed by atoms with Gasteiger partial charge in [0.15, 0.2) is 0 Å². The molecular weight excluding hydrogens is 388 g/mol. The summed E-state index contributed by atoms with van der Waals surface area (Å²) in [6, 6.07) is 9.34. The van der Waals surface area contributed by atoms with Gasteiger partial charge in [-0.15, -0.1) is 0 Å². The Balaban J connectivity index is 1.68. The van der Waals surface area contributed by atoms with Crippen molar-refractivity contribution in [2.24, 2.45) is 11.7 Å². The van der Waals surface area contributed by atoms with Crippen LogP contribution in [0.1, 0.15) is 25.0 Å². The zero-order valence-electron chi connectivity index (χ0n) is 17.3. The van der Waals surface area contributed by atoms with E-state index in [9.17, 15) is 0 Å². The molecule has 0 unspecified atom stereocenters. The Hall–Kier alpha value is -4.20. The molecule has 6 N–H and O–H groups in total. The van der Waals surface area contributed by atoms with Gasteiger partial charge in [-0.3, -0.25) is 15.4 Å². The summed E-state index contributed by atoms with van der Waals surface area (Å²) in [6.07, 6.45) is 10.3. The number of pyridine rings is 3. The lowest BCUT2D eigenvalue weighted by atomic mass is 10.0. The molecule has 0 radical (unpaired) electrons.